The summed E-state index contributed by atoms with van der Waals surface area (Å²) < 4.78 is 38.0. The van der Waals surface area contributed by atoms with E-state index in [1.54, 1.807) is 0 Å². The molecule has 3 rings (SSSR count). The monoisotopic (exact) mass is 438 g/mol. The average Bonchev–Trinajstić information content (AvgIpc) is 3.25. The number of hydrogen-bond donors (Lipinski definition) is 1. The molecule has 9 heteroatoms. The molecule has 168 valence electrons. The third kappa shape index (κ3) is 6.41. The van der Waals surface area contributed by atoms with E-state index in [2.05, 4.69) is 10.2 Å². The first-order valence-corrected chi connectivity index (χ1v) is 12.3. The molecule has 1 N–H and O–H groups in total. The molecule has 2 aliphatic rings. The lowest BCUT2D eigenvalue weighted by molar-refractivity contribution is 0.0729. The van der Waals surface area contributed by atoms with Crippen LogP contribution in [0.15, 0.2) is 29.3 Å². The van der Waals surface area contributed by atoms with Crippen molar-refractivity contribution in [2.24, 2.45) is 10.9 Å². The summed E-state index contributed by atoms with van der Waals surface area (Å²) in [5.41, 5.74) is 1.73. The molecule has 0 aromatic heterocycles. The van der Waals surface area contributed by atoms with Gasteiger partial charge in [-0.05, 0) is 24.5 Å². The van der Waals surface area contributed by atoms with Gasteiger partial charge in [0.25, 0.3) is 0 Å². The molecule has 1 aromatic rings. The summed E-state index contributed by atoms with van der Waals surface area (Å²) in [6, 6.07) is 7.66. The van der Waals surface area contributed by atoms with Gasteiger partial charge in [-0.15, -0.1) is 0 Å². The highest BCUT2D eigenvalue weighted by atomic mass is 32.2. The van der Waals surface area contributed by atoms with Crippen molar-refractivity contribution in [1.29, 1.82) is 0 Å². The second-order valence-electron chi connectivity index (χ2n) is 7.82. The Balaban J connectivity index is 1.70. The standard InChI is InChI=1S/C21H34N4O4S/c1-3-22-21(24(2)15-18-8-11-29-16-18)23-14-19-6-4-5-7-20(19)17-30(26,27)25-9-12-28-13-10-25/h4-7,18H,3,8-17H2,1-2H3,(H,22,23). The van der Waals surface area contributed by atoms with E-state index in [0.29, 0.717) is 38.8 Å². The lowest BCUT2D eigenvalue weighted by Gasteiger charge is -2.26. The van der Waals surface area contributed by atoms with Crippen molar-refractivity contribution < 1.29 is 17.9 Å². The van der Waals surface area contributed by atoms with E-state index in [0.717, 1.165) is 49.8 Å². The minimum atomic E-state index is -3.37. The second-order valence-corrected chi connectivity index (χ2v) is 9.79. The van der Waals surface area contributed by atoms with Gasteiger partial charge in [-0.2, -0.15) is 4.31 Å². The van der Waals surface area contributed by atoms with Crippen molar-refractivity contribution in [3.8, 4) is 0 Å². The third-order valence-electron chi connectivity index (χ3n) is 5.47. The minimum Gasteiger partial charge on any atom is -0.381 e. The molecule has 0 amide bonds. The van der Waals surface area contributed by atoms with Crippen molar-refractivity contribution in [2.45, 2.75) is 25.6 Å². The summed E-state index contributed by atoms with van der Waals surface area (Å²) in [6.45, 7) is 7.52. The lowest BCUT2D eigenvalue weighted by atomic mass is 10.1. The van der Waals surface area contributed by atoms with Gasteiger partial charge in [-0.1, -0.05) is 24.3 Å². The molecule has 0 aliphatic carbocycles. The maximum Gasteiger partial charge on any atom is 0.218 e. The Morgan fingerprint density at radius 2 is 1.93 bits per heavy atom. The van der Waals surface area contributed by atoms with E-state index in [1.165, 1.54) is 4.31 Å². The molecule has 1 atom stereocenters. The Labute approximate surface area is 180 Å². The van der Waals surface area contributed by atoms with Gasteiger partial charge in [0.1, 0.15) is 0 Å². The highest BCUT2D eigenvalue weighted by molar-refractivity contribution is 7.88. The maximum atomic E-state index is 12.9. The molecule has 0 saturated carbocycles. The Bertz CT molecular complexity index is 803. The van der Waals surface area contributed by atoms with Crippen LogP contribution in [0.1, 0.15) is 24.5 Å². The summed E-state index contributed by atoms with van der Waals surface area (Å²) in [5.74, 6) is 1.34. The van der Waals surface area contributed by atoms with Gasteiger partial charge in [0, 0.05) is 45.8 Å². The van der Waals surface area contributed by atoms with Gasteiger partial charge in [-0.3, -0.25) is 0 Å². The van der Waals surface area contributed by atoms with Crippen molar-refractivity contribution in [3.63, 3.8) is 0 Å². The van der Waals surface area contributed by atoms with Crippen molar-refractivity contribution in [3.05, 3.63) is 35.4 Å². The largest absolute Gasteiger partial charge is 0.381 e. The van der Waals surface area contributed by atoms with Crippen LogP contribution < -0.4 is 5.32 Å². The van der Waals surface area contributed by atoms with Gasteiger partial charge in [-0.25, -0.2) is 13.4 Å². The van der Waals surface area contributed by atoms with E-state index in [-0.39, 0.29) is 5.75 Å². The quantitative estimate of drug-likeness (QED) is 0.486. The molecule has 0 radical (unpaired) electrons. The number of aliphatic imine (C=N–C) groups is 1. The Morgan fingerprint density at radius 3 is 2.60 bits per heavy atom. The number of nitrogens with zero attached hydrogens (tertiary/aromatic N) is 3. The molecule has 1 aromatic carbocycles. The summed E-state index contributed by atoms with van der Waals surface area (Å²) in [5, 5.41) is 3.34. The van der Waals surface area contributed by atoms with Crippen LogP contribution in [0.25, 0.3) is 0 Å². The van der Waals surface area contributed by atoms with E-state index < -0.39 is 10.0 Å². The van der Waals surface area contributed by atoms with Crippen molar-refractivity contribution >= 4 is 16.0 Å². The first-order chi connectivity index (χ1) is 14.5. The fourth-order valence-corrected chi connectivity index (χ4v) is 5.36. The van der Waals surface area contributed by atoms with Crippen molar-refractivity contribution in [1.82, 2.24) is 14.5 Å². The molecule has 2 heterocycles. The fraction of sp³-hybridized carbons (Fsp3) is 0.667. The van der Waals surface area contributed by atoms with Crippen LogP contribution in [0, 0.1) is 5.92 Å². The molecule has 2 fully saturated rings. The number of ether oxygens (including phenoxy) is 2. The third-order valence-corrected chi connectivity index (χ3v) is 7.30. The van der Waals surface area contributed by atoms with E-state index in [1.807, 2.05) is 38.2 Å². The van der Waals surface area contributed by atoms with E-state index in [4.69, 9.17) is 14.5 Å². The number of guanidine groups is 1. The van der Waals surface area contributed by atoms with Crippen LogP contribution in [0.5, 0.6) is 0 Å². The molecule has 8 nitrogen and oxygen atoms in total. The Hall–Kier alpha value is -1.68. The van der Waals surface area contributed by atoms with Crippen LogP contribution in [0.2, 0.25) is 0 Å². The zero-order valence-electron chi connectivity index (χ0n) is 18.0. The normalized spacial score (nSPS) is 21.0. The van der Waals surface area contributed by atoms with Gasteiger partial charge in [0.05, 0.1) is 32.1 Å². The first-order valence-electron chi connectivity index (χ1n) is 10.7. The fourth-order valence-electron chi connectivity index (χ4n) is 3.80. The molecule has 0 bridgehead atoms. The van der Waals surface area contributed by atoms with E-state index >= 15 is 0 Å². The summed E-state index contributed by atoms with van der Waals surface area (Å²) in [4.78, 5) is 6.93. The predicted molar refractivity (Wildman–Crippen MR) is 118 cm³/mol. The summed E-state index contributed by atoms with van der Waals surface area (Å²) in [6.07, 6.45) is 1.08. The molecule has 30 heavy (non-hydrogen) atoms. The number of hydrogen-bond acceptors (Lipinski definition) is 5. The van der Waals surface area contributed by atoms with Crippen LogP contribution in [-0.4, -0.2) is 83.2 Å². The first kappa shape index (κ1) is 23.0. The molecule has 2 aliphatic heterocycles. The van der Waals surface area contributed by atoms with Crippen LogP contribution in [0.3, 0.4) is 0 Å². The van der Waals surface area contributed by atoms with Gasteiger partial charge < -0.3 is 19.7 Å². The highest BCUT2D eigenvalue weighted by Gasteiger charge is 2.25. The number of benzene rings is 1. The SMILES string of the molecule is CCNC(=NCc1ccccc1CS(=O)(=O)N1CCOCC1)N(C)CC1CCOC1. The number of rotatable bonds is 8. The summed E-state index contributed by atoms with van der Waals surface area (Å²) in [7, 11) is -1.34. The number of sulfonamides is 1. The molecular weight excluding hydrogens is 404 g/mol. The lowest BCUT2D eigenvalue weighted by Crippen LogP contribution is -2.41. The molecule has 0 spiro atoms. The molecule has 2 saturated heterocycles. The zero-order valence-corrected chi connectivity index (χ0v) is 18.9. The van der Waals surface area contributed by atoms with Crippen molar-refractivity contribution in [2.75, 3.05) is 59.7 Å². The predicted octanol–water partition coefficient (Wildman–Crippen LogP) is 1.28. The van der Waals surface area contributed by atoms with Gasteiger partial charge in [0.15, 0.2) is 5.96 Å². The average molecular weight is 439 g/mol. The van der Waals surface area contributed by atoms with Gasteiger partial charge >= 0.3 is 0 Å². The smallest absolute Gasteiger partial charge is 0.218 e. The molecule has 1 unspecified atom stereocenters. The zero-order chi connectivity index (χ0) is 21.4. The Kier molecular flexibility index (Phi) is 8.50. The highest BCUT2D eigenvalue weighted by Crippen LogP contribution is 2.18. The number of nitrogens with one attached hydrogen (secondary N) is 1. The topological polar surface area (TPSA) is 83.5 Å². The second kappa shape index (κ2) is 11.1. The van der Waals surface area contributed by atoms with Crippen LogP contribution in [-0.2, 0) is 31.8 Å². The Morgan fingerprint density at radius 1 is 1.20 bits per heavy atom. The number of morpholine rings is 1. The molecular formula is C21H34N4O4S. The minimum absolute atomic E-state index is 0.00944. The summed E-state index contributed by atoms with van der Waals surface area (Å²) >= 11 is 0. The van der Waals surface area contributed by atoms with Gasteiger partial charge in [0.2, 0.25) is 10.0 Å². The van der Waals surface area contributed by atoms with Crippen LogP contribution >= 0.6 is 0 Å². The maximum absolute atomic E-state index is 12.9. The van der Waals surface area contributed by atoms with E-state index in [9.17, 15) is 8.42 Å². The van der Waals surface area contributed by atoms with Crippen LogP contribution in [0.4, 0.5) is 0 Å².